The first-order chi connectivity index (χ1) is 11.6. The van der Waals surface area contributed by atoms with E-state index in [0.29, 0.717) is 31.9 Å². The van der Waals surface area contributed by atoms with E-state index in [1.54, 1.807) is 0 Å². The van der Waals surface area contributed by atoms with E-state index in [1.807, 2.05) is 30.3 Å². The summed E-state index contributed by atoms with van der Waals surface area (Å²) in [5.74, 6) is -0.445. The van der Waals surface area contributed by atoms with Gasteiger partial charge in [0, 0.05) is 44.0 Å². The average Bonchev–Trinajstić information content (AvgIpc) is 2.63. The standard InChI is InChI=1S/C17H18N4O3/c18-16(23)17(6-8-24-9-7-17)21-15(22)13-10-19-14(20-11-13)12-4-2-1-3-5-12/h1-5,10-11H,6-9H2,(H2,18,23)(H,21,22). The van der Waals surface area contributed by atoms with Crippen LogP contribution in [-0.2, 0) is 9.53 Å². The number of hydrogen-bond donors (Lipinski definition) is 2. The van der Waals surface area contributed by atoms with E-state index in [4.69, 9.17) is 10.5 Å². The van der Waals surface area contributed by atoms with Gasteiger partial charge in [-0.25, -0.2) is 9.97 Å². The molecule has 0 unspecified atom stereocenters. The molecule has 1 fully saturated rings. The third-order valence-electron chi connectivity index (χ3n) is 4.12. The smallest absolute Gasteiger partial charge is 0.255 e. The Kier molecular flexibility index (Phi) is 4.52. The number of hydrogen-bond acceptors (Lipinski definition) is 5. The van der Waals surface area contributed by atoms with Gasteiger partial charge in [-0.05, 0) is 0 Å². The lowest BCUT2D eigenvalue weighted by Gasteiger charge is -2.34. The summed E-state index contributed by atoms with van der Waals surface area (Å²) in [6, 6.07) is 9.46. The number of nitrogens with two attached hydrogens (primary N) is 1. The number of primary amides is 1. The molecule has 7 nitrogen and oxygen atoms in total. The molecule has 2 aromatic rings. The number of rotatable bonds is 4. The summed E-state index contributed by atoms with van der Waals surface area (Å²) in [6.07, 6.45) is 3.60. The number of amides is 2. The van der Waals surface area contributed by atoms with Crippen molar-refractivity contribution >= 4 is 11.8 Å². The van der Waals surface area contributed by atoms with Crippen LogP contribution in [-0.4, -0.2) is 40.5 Å². The van der Waals surface area contributed by atoms with Crippen LogP contribution in [0.4, 0.5) is 0 Å². The largest absolute Gasteiger partial charge is 0.381 e. The van der Waals surface area contributed by atoms with Crippen LogP contribution >= 0.6 is 0 Å². The number of benzene rings is 1. The zero-order valence-corrected chi connectivity index (χ0v) is 13.1. The Labute approximate surface area is 139 Å². The molecule has 0 bridgehead atoms. The van der Waals surface area contributed by atoms with Crippen molar-refractivity contribution in [2.24, 2.45) is 5.73 Å². The van der Waals surface area contributed by atoms with Crippen LogP contribution in [0, 0.1) is 0 Å². The molecule has 1 aromatic heterocycles. The van der Waals surface area contributed by atoms with Gasteiger partial charge in [0.1, 0.15) is 5.54 Å². The van der Waals surface area contributed by atoms with Crippen molar-refractivity contribution in [1.29, 1.82) is 0 Å². The van der Waals surface area contributed by atoms with Gasteiger partial charge < -0.3 is 15.8 Å². The van der Waals surface area contributed by atoms with Gasteiger partial charge in [0.05, 0.1) is 5.56 Å². The third kappa shape index (κ3) is 3.26. The molecule has 3 rings (SSSR count). The molecule has 2 amide bonds. The molecule has 0 radical (unpaired) electrons. The first-order valence-electron chi connectivity index (χ1n) is 7.68. The van der Waals surface area contributed by atoms with Crippen LogP contribution in [0.5, 0.6) is 0 Å². The zero-order valence-electron chi connectivity index (χ0n) is 13.1. The Bertz CT molecular complexity index is 725. The monoisotopic (exact) mass is 326 g/mol. The van der Waals surface area contributed by atoms with Crippen LogP contribution in [0.15, 0.2) is 42.7 Å². The molecule has 1 aromatic carbocycles. The van der Waals surface area contributed by atoms with Crippen molar-refractivity contribution in [1.82, 2.24) is 15.3 Å². The Morgan fingerprint density at radius 2 is 1.71 bits per heavy atom. The van der Waals surface area contributed by atoms with Crippen molar-refractivity contribution in [2.75, 3.05) is 13.2 Å². The predicted octanol–water partition coefficient (Wildman–Crippen LogP) is 0.908. The summed E-state index contributed by atoms with van der Waals surface area (Å²) in [7, 11) is 0. The molecular formula is C17H18N4O3. The maximum atomic E-state index is 12.4. The maximum Gasteiger partial charge on any atom is 0.255 e. The second-order valence-electron chi connectivity index (χ2n) is 5.67. The van der Waals surface area contributed by atoms with Crippen molar-refractivity contribution in [3.05, 3.63) is 48.3 Å². The highest BCUT2D eigenvalue weighted by Gasteiger charge is 2.40. The topological polar surface area (TPSA) is 107 Å². The summed E-state index contributed by atoms with van der Waals surface area (Å²) in [5, 5.41) is 2.73. The third-order valence-corrected chi connectivity index (χ3v) is 4.12. The van der Waals surface area contributed by atoms with E-state index in [0.717, 1.165) is 5.56 Å². The molecule has 2 heterocycles. The molecule has 3 N–H and O–H groups in total. The average molecular weight is 326 g/mol. The van der Waals surface area contributed by atoms with E-state index in [2.05, 4.69) is 15.3 Å². The van der Waals surface area contributed by atoms with Gasteiger partial charge in [0.25, 0.3) is 5.91 Å². The lowest BCUT2D eigenvalue weighted by Crippen LogP contribution is -2.60. The Hall–Kier alpha value is -2.80. The first kappa shape index (κ1) is 16.1. The fourth-order valence-electron chi connectivity index (χ4n) is 2.62. The quantitative estimate of drug-likeness (QED) is 0.868. The minimum absolute atomic E-state index is 0.279. The maximum absolute atomic E-state index is 12.4. The fraction of sp³-hybridized carbons (Fsp3) is 0.294. The summed E-state index contributed by atoms with van der Waals surface area (Å²) < 4.78 is 5.24. The highest BCUT2D eigenvalue weighted by Crippen LogP contribution is 2.21. The zero-order chi connectivity index (χ0) is 17.0. The highest BCUT2D eigenvalue weighted by atomic mass is 16.5. The fourth-order valence-corrected chi connectivity index (χ4v) is 2.62. The van der Waals surface area contributed by atoms with Crippen molar-refractivity contribution < 1.29 is 14.3 Å². The molecule has 0 atom stereocenters. The molecule has 1 saturated heterocycles. The van der Waals surface area contributed by atoms with Crippen molar-refractivity contribution in [2.45, 2.75) is 18.4 Å². The SMILES string of the molecule is NC(=O)C1(NC(=O)c2cnc(-c3ccccc3)nc2)CCOCC1. The van der Waals surface area contributed by atoms with Crippen LogP contribution in [0.25, 0.3) is 11.4 Å². The molecule has 1 aliphatic heterocycles. The van der Waals surface area contributed by atoms with Crippen LogP contribution in [0.2, 0.25) is 0 Å². The molecule has 0 spiro atoms. The number of carbonyl (C=O) groups is 2. The van der Waals surface area contributed by atoms with E-state index in [9.17, 15) is 9.59 Å². The van der Waals surface area contributed by atoms with E-state index in [1.165, 1.54) is 12.4 Å². The number of aromatic nitrogens is 2. The molecule has 124 valence electrons. The van der Waals surface area contributed by atoms with E-state index in [-0.39, 0.29) is 5.56 Å². The minimum atomic E-state index is -1.08. The lowest BCUT2D eigenvalue weighted by molar-refractivity contribution is -0.127. The molecule has 24 heavy (non-hydrogen) atoms. The normalized spacial score (nSPS) is 16.3. The summed E-state index contributed by atoms with van der Waals surface area (Å²) in [5.41, 5.74) is 5.56. The molecule has 0 saturated carbocycles. The van der Waals surface area contributed by atoms with E-state index >= 15 is 0 Å². The Morgan fingerprint density at radius 1 is 1.08 bits per heavy atom. The van der Waals surface area contributed by atoms with E-state index < -0.39 is 17.4 Å². The molecule has 0 aliphatic carbocycles. The lowest BCUT2D eigenvalue weighted by atomic mass is 9.89. The van der Waals surface area contributed by atoms with Crippen molar-refractivity contribution in [3.63, 3.8) is 0 Å². The van der Waals surface area contributed by atoms with Gasteiger partial charge >= 0.3 is 0 Å². The van der Waals surface area contributed by atoms with Gasteiger partial charge in [0.15, 0.2) is 5.82 Å². The first-order valence-corrected chi connectivity index (χ1v) is 7.68. The summed E-state index contributed by atoms with van der Waals surface area (Å²) >= 11 is 0. The predicted molar refractivity (Wildman–Crippen MR) is 86.9 cm³/mol. The van der Waals surface area contributed by atoms with Crippen LogP contribution in [0.1, 0.15) is 23.2 Å². The van der Waals surface area contributed by atoms with Crippen LogP contribution in [0.3, 0.4) is 0 Å². The minimum Gasteiger partial charge on any atom is -0.381 e. The van der Waals surface area contributed by atoms with Gasteiger partial charge in [-0.3, -0.25) is 9.59 Å². The van der Waals surface area contributed by atoms with Gasteiger partial charge in [-0.15, -0.1) is 0 Å². The molecule has 1 aliphatic rings. The number of carbonyl (C=O) groups excluding carboxylic acids is 2. The van der Waals surface area contributed by atoms with Gasteiger partial charge in [0.2, 0.25) is 5.91 Å². The molecule has 7 heteroatoms. The second kappa shape index (κ2) is 6.76. The van der Waals surface area contributed by atoms with Crippen LogP contribution < -0.4 is 11.1 Å². The second-order valence-corrected chi connectivity index (χ2v) is 5.67. The summed E-state index contributed by atoms with van der Waals surface area (Å²) in [6.45, 7) is 0.763. The summed E-state index contributed by atoms with van der Waals surface area (Å²) in [4.78, 5) is 32.7. The Balaban J connectivity index is 1.76. The number of ether oxygens (including phenoxy) is 1. The number of nitrogens with zero attached hydrogens (tertiary/aromatic N) is 2. The highest BCUT2D eigenvalue weighted by molar-refractivity contribution is 5.98. The van der Waals surface area contributed by atoms with Gasteiger partial charge in [-0.2, -0.15) is 0 Å². The van der Waals surface area contributed by atoms with Gasteiger partial charge in [-0.1, -0.05) is 30.3 Å². The number of nitrogens with one attached hydrogen (secondary N) is 1. The van der Waals surface area contributed by atoms with Crippen molar-refractivity contribution in [3.8, 4) is 11.4 Å². The Morgan fingerprint density at radius 3 is 2.29 bits per heavy atom. The molecular weight excluding hydrogens is 308 g/mol.